The van der Waals surface area contributed by atoms with Crippen LogP contribution < -0.4 is 15.0 Å². The highest BCUT2D eigenvalue weighted by Crippen LogP contribution is 2.35. The van der Waals surface area contributed by atoms with Crippen molar-refractivity contribution < 1.29 is 14.6 Å². The molecular weight excluding hydrogens is 346 g/mol. The van der Waals surface area contributed by atoms with Gasteiger partial charge in [0.25, 0.3) is 5.56 Å². The Morgan fingerprint density at radius 2 is 1.74 bits per heavy atom. The van der Waals surface area contributed by atoms with Crippen molar-refractivity contribution in [1.29, 1.82) is 0 Å². The van der Waals surface area contributed by atoms with Crippen molar-refractivity contribution >= 4 is 5.65 Å². The first-order valence-electron chi connectivity index (χ1n) is 8.25. The number of nitrogens with one attached hydrogen (secondary N) is 1. The number of nitrogens with zero attached hydrogens (tertiary/aromatic N) is 2. The van der Waals surface area contributed by atoms with Crippen LogP contribution in [0.4, 0.5) is 0 Å². The van der Waals surface area contributed by atoms with Crippen LogP contribution in [-0.4, -0.2) is 33.9 Å². The van der Waals surface area contributed by atoms with Gasteiger partial charge >= 0.3 is 0 Å². The molecule has 0 atom stereocenters. The van der Waals surface area contributed by atoms with Gasteiger partial charge in [-0.2, -0.15) is 9.61 Å². The summed E-state index contributed by atoms with van der Waals surface area (Å²) >= 11 is 0. The van der Waals surface area contributed by atoms with Gasteiger partial charge in [-0.1, -0.05) is 36.4 Å². The first kappa shape index (κ1) is 16.7. The summed E-state index contributed by atoms with van der Waals surface area (Å²) in [5, 5.41) is 14.9. The number of aromatic hydroxyl groups is 1. The number of benzene rings is 2. The summed E-state index contributed by atoms with van der Waals surface area (Å²) in [5.41, 5.74) is 2.21. The summed E-state index contributed by atoms with van der Waals surface area (Å²) < 4.78 is 11.9. The van der Waals surface area contributed by atoms with Gasteiger partial charge in [0.2, 0.25) is 5.88 Å². The number of rotatable bonds is 4. The molecular formula is C20H17N3O4. The van der Waals surface area contributed by atoms with E-state index in [9.17, 15) is 9.90 Å². The lowest BCUT2D eigenvalue weighted by molar-refractivity contribution is 0.355. The van der Waals surface area contributed by atoms with Gasteiger partial charge in [-0.15, -0.1) is 0 Å². The van der Waals surface area contributed by atoms with Crippen molar-refractivity contribution in [3.8, 4) is 39.6 Å². The lowest BCUT2D eigenvalue weighted by atomic mass is 10.1. The zero-order valence-corrected chi connectivity index (χ0v) is 14.8. The fourth-order valence-corrected chi connectivity index (χ4v) is 3.09. The molecule has 0 saturated heterocycles. The molecule has 0 spiro atoms. The third kappa shape index (κ3) is 2.69. The standard InChI is InChI=1S/C20H17N3O4/c1-26-15-9-8-13(10-16(15)27-2)14-11-21-23-18(14)22-19(24)17(20(23)25)12-6-4-3-5-7-12/h3-11,25H,1-2H3,(H,22,24). The molecule has 0 radical (unpaired) electrons. The molecule has 27 heavy (non-hydrogen) atoms. The number of ether oxygens (including phenoxy) is 2. The van der Waals surface area contributed by atoms with Crippen molar-refractivity contribution in [3.05, 3.63) is 65.1 Å². The maximum atomic E-state index is 12.7. The summed E-state index contributed by atoms with van der Waals surface area (Å²) in [6.07, 6.45) is 1.58. The van der Waals surface area contributed by atoms with Gasteiger partial charge in [-0.3, -0.25) is 4.79 Å². The quantitative estimate of drug-likeness (QED) is 0.582. The smallest absolute Gasteiger partial charge is 0.262 e. The Bertz CT molecular complexity index is 1180. The molecule has 0 amide bonds. The van der Waals surface area contributed by atoms with Crippen molar-refractivity contribution in [2.45, 2.75) is 0 Å². The van der Waals surface area contributed by atoms with Crippen LogP contribution in [0.1, 0.15) is 0 Å². The van der Waals surface area contributed by atoms with E-state index in [0.29, 0.717) is 28.3 Å². The van der Waals surface area contributed by atoms with E-state index in [0.717, 1.165) is 5.56 Å². The Labute approximate surface area is 154 Å². The molecule has 0 bridgehead atoms. The Morgan fingerprint density at radius 1 is 1.00 bits per heavy atom. The fraction of sp³-hybridized carbons (Fsp3) is 0.100. The summed E-state index contributed by atoms with van der Waals surface area (Å²) in [6.45, 7) is 0. The molecule has 136 valence electrons. The average Bonchev–Trinajstić information content (AvgIpc) is 3.12. The van der Waals surface area contributed by atoms with E-state index >= 15 is 0 Å². The summed E-state index contributed by atoms with van der Waals surface area (Å²) in [6, 6.07) is 14.4. The molecule has 0 aliphatic carbocycles. The number of aromatic nitrogens is 3. The third-order valence-electron chi connectivity index (χ3n) is 4.41. The number of methoxy groups -OCH3 is 2. The highest BCUT2D eigenvalue weighted by Gasteiger charge is 2.18. The Morgan fingerprint density at radius 3 is 2.44 bits per heavy atom. The highest BCUT2D eigenvalue weighted by molar-refractivity contribution is 5.80. The fourth-order valence-electron chi connectivity index (χ4n) is 3.09. The van der Waals surface area contributed by atoms with Crippen molar-refractivity contribution in [2.75, 3.05) is 14.2 Å². The summed E-state index contributed by atoms with van der Waals surface area (Å²) in [7, 11) is 3.12. The lowest BCUT2D eigenvalue weighted by Crippen LogP contribution is -2.12. The second kappa shape index (κ2) is 6.53. The molecule has 0 aliphatic rings. The maximum absolute atomic E-state index is 12.7. The predicted molar refractivity (Wildman–Crippen MR) is 101 cm³/mol. The van der Waals surface area contributed by atoms with E-state index in [4.69, 9.17) is 9.47 Å². The highest BCUT2D eigenvalue weighted by atomic mass is 16.5. The second-order valence-electron chi connectivity index (χ2n) is 5.91. The topological polar surface area (TPSA) is 88.9 Å². The molecule has 2 aromatic carbocycles. The maximum Gasteiger partial charge on any atom is 0.262 e. The third-order valence-corrected chi connectivity index (χ3v) is 4.41. The molecule has 4 aromatic rings. The van der Waals surface area contributed by atoms with Gasteiger partial charge in [0.1, 0.15) is 11.2 Å². The molecule has 4 rings (SSSR count). The molecule has 0 unspecified atom stereocenters. The molecule has 2 N–H and O–H groups in total. The van der Waals surface area contributed by atoms with Crippen LogP contribution in [0.3, 0.4) is 0 Å². The van der Waals surface area contributed by atoms with E-state index in [1.165, 1.54) is 4.52 Å². The minimum Gasteiger partial charge on any atom is -0.493 e. The average molecular weight is 363 g/mol. The molecule has 0 saturated carbocycles. The second-order valence-corrected chi connectivity index (χ2v) is 5.91. The Hall–Kier alpha value is -3.74. The van der Waals surface area contributed by atoms with Crippen molar-refractivity contribution in [3.63, 3.8) is 0 Å². The molecule has 2 heterocycles. The first-order valence-corrected chi connectivity index (χ1v) is 8.25. The molecule has 0 fully saturated rings. The lowest BCUT2D eigenvalue weighted by Gasteiger charge is -2.09. The van der Waals surface area contributed by atoms with Gasteiger partial charge in [0, 0.05) is 5.56 Å². The van der Waals surface area contributed by atoms with E-state index < -0.39 is 5.56 Å². The van der Waals surface area contributed by atoms with Crippen molar-refractivity contribution in [2.24, 2.45) is 0 Å². The largest absolute Gasteiger partial charge is 0.493 e. The van der Waals surface area contributed by atoms with Crippen LogP contribution in [0.25, 0.3) is 27.9 Å². The summed E-state index contributed by atoms with van der Waals surface area (Å²) in [4.78, 5) is 15.5. The number of aromatic amines is 1. The Balaban J connectivity index is 1.92. The van der Waals surface area contributed by atoms with E-state index in [-0.39, 0.29) is 11.4 Å². The van der Waals surface area contributed by atoms with Crippen molar-refractivity contribution in [1.82, 2.24) is 14.6 Å². The van der Waals surface area contributed by atoms with Gasteiger partial charge in [-0.25, -0.2) is 0 Å². The monoisotopic (exact) mass is 363 g/mol. The SMILES string of the molecule is COc1ccc(-c2cnn3c(O)c(-c4ccccc4)c(=O)[nH]c23)cc1OC. The molecule has 0 aliphatic heterocycles. The first-order chi connectivity index (χ1) is 13.1. The normalized spacial score (nSPS) is 10.9. The minimum absolute atomic E-state index is 0.171. The van der Waals surface area contributed by atoms with Crippen LogP contribution >= 0.6 is 0 Å². The van der Waals surface area contributed by atoms with Gasteiger partial charge in [0.05, 0.1) is 20.4 Å². The van der Waals surface area contributed by atoms with Crippen LogP contribution in [-0.2, 0) is 0 Å². The summed E-state index contributed by atoms with van der Waals surface area (Å²) in [5.74, 6) is 0.939. The number of hydrogen-bond donors (Lipinski definition) is 2. The van der Waals surface area contributed by atoms with Crippen LogP contribution in [0.2, 0.25) is 0 Å². The van der Waals surface area contributed by atoms with Gasteiger partial charge in [0.15, 0.2) is 11.5 Å². The zero-order chi connectivity index (χ0) is 19.0. The van der Waals surface area contributed by atoms with Crippen LogP contribution in [0.15, 0.2) is 59.5 Å². The molecule has 7 heteroatoms. The van der Waals surface area contributed by atoms with Gasteiger partial charge in [-0.05, 0) is 23.3 Å². The van der Waals surface area contributed by atoms with Crippen LogP contribution in [0, 0.1) is 0 Å². The van der Waals surface area contributed by atoms with E-state index in [2.05, 4.69) is 10.1 Å². The Kier molecular flexibility index (Phi) is 4.04. The van der Waals surface area contributed by atoms with E-state index in [1.807, 2.05) is 12.1 Å². The number of H-pyrrole nitrogens is 1. The van der Waals surface area contributed by atoms with Crippen LogP contribution in [0.5, 0.6) is 17.4 Å². The van der Waals surface area contributed by atoms with Gasteiger partial charge < -0.3 is 19.6 Å². The predicted octanol–water partition coefficient (Wildman–Crippen LogP) is 3.08. The minimum atomic E-state index is -0.395. The molecule has 2 aromatic heterocycles. The number of hydrogen-bond acceptors (Lipinski definition) is 5. The molecule has 7 nitrogen and oxygen atoms in total. The van der Waals surface area contributed by atoms with E-state index in [1.54, 1.807) is 56.8 Å². The zero-order valence-electron chi connectivity index (χ0n) is 14.8. The number of fused-ring (bicyclic) bond motifs is 1.